The second-order valence-electron chi connectivity index (χ2n) is 3.96. The Labute approximate surface area is 102 Å². The van der Waals surface area contributed by atoms with Gasteiger partial charge in [0.25, 0.3) is 0 Å². The topological polar surface area (TPSA) is 46.5 Å². The Hall–Kier alpha value is -1.77. The van der Waals surface area contributed by atoms with Crippen LogP contribution in [0.4, 0.5) is 0 Å². The van der Waals surface area contributed by atoms with Crippen molar-refractivity contribution < 1.29 is 14.6 Å². The molecular formula is C14H18O3. The molecule has 0 aromatic heterocycles. The molecule has 0 heterocycles. The molecule has 0 spiro atoms. The van der Waals surface area contributed by atoms with Crippen molar-refractivity contribution >= 4 is 5.97 Å². The molecule has 1 unspecified atom stereocenters. The highest BCUT2D eigenvalue weighted by atomic mass is 16.5. The van der Waals surface area contributed by atoms with E-state index in [0.717, 1.165) is 17.7 Å². The van der Waals surface area contributed by atoms with Gasteiger partial charge in [0.05, 0.1) is 13.0 Å². The standard InChI is InChI=1S/C14H18O3/c1-3-4-7-12(14(15)16)9-11-6-5-8-13(10-11)17-2/h3,5-6,8,10,12H,1,4,7,9H2,2H3,(H,15,16). The fourth-order valence-electron chi connectivity index (χ4n) is 1.72. The second-order valence-corrected chi connectivity index (χ2v) is 3.96. The lowest BCUT2D eigenvalue weighted by molar-refractivity contribution is -0.141. The molecule has 1 aromatic carbocycles. The molecule has 1 rings (SSSR count). The highest BCUT2D eigenvalue weighted by Gasteiger charge is 2.17. The summed E-state index contributed by atoms with van der Waals surface area (Å²) in [6.07, 6.45) is 3.62. The van der Waals surface area contributed by atoms with Crippen molar-refractivity contribution in [3.8, 4) is 5.75 Å². The first-order chi connectivity index (χ1) is 8.17. The average Bonchev–Trinajstić information content (AvgIpc) is 2.34. The Kier molecular flexibility index (Phi) is 5.27. The van der Waals surface area contributed by atoms with Gasteiger partial charge in [-0.15, -0.1) is 6.58 Å². The molecule has 0 aliphatic heterocycles. The van der Waals surface area contributed by atoms with Crippen molar-refractivity contribution in [3.05, 3.63) is 42.5 Å². The molecule has 0 radical (unpaired) electrons. The van der Waals surface area contributed by atoms with Gasteiger partial charge in [-0.05, 0) is 37.0 Å². The molecule has 17 heavy (non-hydrogen) atoms. The molecule has 0 aliphatic rings. The lowest BCUT2D eigenvalue weighted by Gasteiger charge is -2.11. The van der Waals surface area contributed by atoms with Crippen LogP contribution in [0, 0.1) is 5.92 Å². The van der Waals surface area contributed by atoms with Gasteiger partial charge in [0.1, 0.15) is 5.75 Å². The number of carbonyl (C=O) groups is 1. The first-order valence-corrected chi connectivity index (χ1v) is 5.64. The molecule has 0 amide bonds. The maximum Gasteiger partial charge on any atom is 0.306 e. The van der Waals surface area contributed by atoms with Gasteiger partial charge in [-0.3, -0.25) is 4.79 Å². The fourth-order valence-corrected chi connectivity index (χ4v) is 1.72. The van der Waals surface area contributed by atoms with Gasteiger partial charge in [-0.25, -0.2) is 0 Å². The van der Waals surface area contributed by atoms with Crippen molar-refractivity contribution in [1.82, 2.24) is 0 Å². The smallest absolute Gasteiger partial charge is 0.306 e. The number of carboxylic acids is 1. The monoisotopic (exact) mass is 234 g/mol. The first kappa shape index (κ1) is 13.3. The Morgan fingerprint density at radius 3 is 2.94 bits per heavy atom. The molecule has 0 fully saturated rings. The quantitative estimate of drug-likeness (QED) is 0.738. The summed E-state index contributed by atoms with van der Waals surface area (Å²) < 4.78 is 5.11. The van der Waals surface area contributed by atoms with E-state index in [1.807, 2.05) is 24.3 Å². The van der Waals surface area contributed by atoms with Crippen molar-refractivity contribution in [2.45, 2.75) is 19.3 Å². The molecule has 92 valence electrons. The minimum Gasteiger partial charge on any atom is -0.497 e. The minimum atomic E-state index is -0.755. The highest BCUT2D eigenvalue weighted by molar-refractivity contribution is 5.70. The number of rotatable bonds is 7. The number of ether oxygens (including phenoxy) is 1. The number of hydrogen-bond acceptors (Lipinski definition) is 2. The van der Waals surface area contributed by atoms with Crippen LogP contribution in [0.5, 0.6) is 5.75 Å². The van der Waals surface area contributed by atoms with E-state index in [9.17, 15) is 4.79 Å². The van der Waals surface area contributed by atoms with Gasteiger partial charge in [-0.1, -0.05) is 18.2 Å². The lowest BCUT2D eigenvalue weighted by atomic mass is 9.95. The molecule has 0 bridgehead atoms. The summed E-state index contributed by atoms with van der Waals surface area (Å²) in [6.45, 7) is 3.61. The van der Waals surface area contributed by atoms with Crippen LogP contribution >= 0.6 is 0 Å². The van der Waals surface area contributed by atoms with Crippen molar-refractivity contribution in [1.29, 1.82) is 0 Å². The third kappa shape index (κ3) is 4.31. The molecule has 3 heteroatoms. The summed E-state index contributed by atoms with van der Waals surface area (Å²) in [4.78, 5) is 11.1. The molecular weight excluding hydrogens is 216 g/mol. The van der Waals surface area contributed by atoms with Crippen molar-refractivity contribution in [2.75, 3.05) is 7.11 Å². The van der Waals surface area contributed by atoms with Crippen LogP contribution in [0.3, 0.4) is 0 Å². The van der Waals surface area contributed by atoms with Crippen LogP contribution < -0.4 is 4.74 Å². The summed E-state index contributed by atoms with van der Waals surface area (Å²) in [5.41, 5.74) is 0.987. The van der Waals surface area contributed by atoms with Crippen LogP contribution in [0.15, 0.2) is 36.9 Å². The van der Waals surface area contributed by atoms with Crippen LogP contribution in [0.2, 0.25) is 0 Å². The third-order valence-corrected chi connectivity index (χ3v) is 2.68. The number of allylic oxidation sites excluding steroid dienone is 1. The SMILES string of the molecule is C=CCCC(Cc1cccc(OC)c1)C(=O)O. The van der Waals surface area contributed by atoms with Gasteiger partial charge < -0.3 is 9.84 Å². The Morgan fingerprint density at radius 2 is 2.35 bits per heavy atom. The summed E-state index contributed by atoms with van der Waals surface area (Å²) in [6, 6.07) is 7.53. The van der Waals surface area contributed by atoms with E-state index in [4.69, 9.17) is 9.84 Å². The zero-order valence-corrected chi connectivity index (χ0v) is 10.1. The van der Waals surface area contributed by atoms with Crippen LogP contribution in [-0.4, -0.2) is 18.2 Å². The maximum atomic E-state index is 11.1. The van der Waals surface area contributed by atoms with E-state index in [1.54, 1.807) is 13.2 Å². The van der Waals surface area contributed by atoms with E-state index < -0.39 is 5.97 Å². The Balaban J connectivity index is 2.70. The zero-order chi connectivity index (χ0) is 12.7. The third-order valence-electron chi connectivity index (χ3n) is 2.68. The van der Waals surface area contributed by atoms with E-state index in [0.29, 0.717) is 12.8 Å². The van der Waals surface area contributed by atoms with Crippen molar-refractivity contribution in [2.24, 2.45) is 5.92 Å². The average molecular weight is 234 g/mol. The number of hydrogen-bond donors (Lipinski definition) is 1. The minimum absolute atomic E-state index is 0.361. The molecule has 1 N–H and O–H groups in total. The summed E-state index contributed by atoms with van der Waals surface area (Å²) in [5, 5.41) is 9.12. The summed E-state index contributed by atoms with van der Waals surface area (Å²) in [7, 11) is 1.60. The first-order valence-electron chi connectivity index (χ1n) is 5.64. The number of carboxylic acid groups (broad SMARTS) is 1. The molecule has 1 atom stereocenters. The second kappa shape index (κ2) is 6.74. The van der Waals surface area contributed by atoms with Gasteiger partial charge in [-0.2, -0.15) is 0 Å². The van der Waals surface area contributed by atoms with E-state index in [1.165, 1.54) is 0 Å². The van der Waals surface area contributed by atoms with Crippen LogP contribution in [0.25, 0.3) is 0 Å². The van der Waals surface area contributed by atoms with E-state index in [2.05, 4.69) is 6.58 Å². The van der Waals surface area contributed by atoms with Crippen molar-refractivity contribution in [3.63, 3.8) is 0 Å². The largest absolute Gasteiger partial charge is 0.497 e. The normalized spacial score (nSPS) is 11.8. The van der Waals surface area contributed by atoms with Gasteiger partial charge in [0, 0.05) is 0 Å². The zero-order valence-electron chi connectivity index (χ0n) is 10.1. The van der Waals surface area contributed by atoms with Gasteiger partial charge >= 0.3 is 5.97 Å². The Morgan fingerprint density at radius 1 is 1.59 bits per heavy atom. The van der Waals surface area contributed by atoms with Gasteiger partial charge in [0.2, 0.25) is 0 Å². The lowest BCUT2D eigenvalue weighted by Crippen LogP contribution is -2.16. The summed E-state index contributed by atoms with van der Waals surface area (Å²) >= 11 is 0. The number of aliphatic carboxylic acids is 1. The van der Waals surface area contributed by atoms with Gasteiger partial charge in [0.15, 0.2) is 0 Å². The van der Waals surface area contributed by atoms with Crippen LogP contribution in [0.1, 0.15) is 18.4 Å². The maximum absolute atomic E-state index is 11.1. The number of benzene rings is 1. The van der Waals surface area contributed by atoms with E-state index in [-0.39, 0.29) is 5.92 Å². The summed E-state index contributed by atoms with van der Waals surface area (Å²) in [5.74, 6) is -0.356. The fraction of sp³-hybridized carbons (Fsp3) is 0.357. The Bertz CT molecular complexity index is 385. The molecule has 1 aromatic rings. The predicted octanol–water partition coefficient (Wildman–Crippen LogP) is 2.90. The predicted molar refractivity (Wildman–Crippen MR) is 67.3 cm³/mol. The molecule has 3 nitrogen and oxygen atoms in total. The number of methoxy groups -OCH3 is 1. The van der Waals surface area contributed by atoms with E-state index >= 15 is 0 Å². The highest BCUT2D eigenvalue weighted by Crippen LogP contribution is 2.19. The molecule has 0 saturated heterocycles. The van der Waals surface area contributed by atoms with Crippen LogP contribution in [-0.2, 0) is 11.2 Å². The molecule has 0 saturated carbocycles. The molecule has 0 aliphatic carbocycles.